The van der Waals surface area contributed by atoms with E-state index in [9.17, 15) is 0 Å². The molecule has 0 aliphatic rings. The van der Waals surface area contributed by atoms with E-state index in [0.29, 0.717) is 0 Å². The molecule has 0 amide bonds. The number of rotatable bonds is 8. The van der Waals surface area contributed by atoms with Gasteiger partial charge in [0.1, 0.15) is 0 Å². The minimum absolute atomic E-state index is 1.15. The quantitative estimate of drug-likeness (QED) is 0.135. The Morgan fingerprint density at radius 2 is 0.407 bits per heavy atom. The Bertz CT molecular complexity index is 7540. The van der Waals surface area contributed by atoms with Crippen LogP contribution in [0.1, 0.15) is 0 Å². The van der Waals surface area contributed by atoms with E-state index in [1.54, 1.807) is 0 Å². The summed E-state index contributed by atoms with van der Waals surface area (Å²) in [6.07, 6.45) is 0. The number of hydrogen-bond donors (Lipinski definition) is 0. The predicted octanol–water partition coefficient (Wildman–Crippen LogP) is 28.2. The zero-order valence-electron chi connectivity index (χ0n) is 58.9. The molecule has 108 heavy (non-hydrogen) atoms. The van der Waals surface area contributed by atoms with Crippen LogP contribution < -0.4 is 0 Å². The minimum Gasteiger partial charge on any atom is -0.309 e. The Labute approximate surface area is 622 Å². The van der Waals surface area contributed by atoms with Crippen molar-refractivity contribution in [3.63, 3.8) is 0 Å². The molecule has 0 saturated carbocycles. The Balaban J connectivity index is 0.000000134. The van der Waals surface area contributed by atoms with Gasteiger partial charge in [-0.05, 0) is 184 Å². The maximum Gasteiger partial charge on any atom is 0.0547 e. The lowest BCUT2D eigenvalue weighted by atomic mass is 9.94. The number of nitrogens with zero attached hydrogens (tertiary/aromatic N) is 4. The van der Waals surface area contributed by atoms with Crippen molar-refractivity contribution < 1.29 is 0 Å². The highest BCUT2D eigenvalue weighted by atomic mass is 15.0. The molecule has 4 heteroatoms. The van der Waals surface area contributed by atoms with Gasteiger partial charge in [0.05, 0.1) is 49.8 Å². The van der Waals surface area contributed by atoms with E-state index in [4.69, 9.17) is 0 Å². The van der Waals surface area contributed by atoms with Crippen LogP contribution in [0.25, 0.3) is 208 Å². The van der Waals surface area contributed by atoms with Gasteiger partial charge in [-0.25, -0.2) is 0 Å². The molecular formula is C104H66N4. The first-order valence-corrected chi connectivity index (χ1v) is 37.3. The fourth-order valence-corrected chi connectivity index (χ4v) is 18.2. The summed E-state index contributed by atoms with van der Waals surface area (Å²) in [4.78, 5) is 0. The summed E-state index contributed by atoms with van der Waals surface area (Å²) in [5.74, 6) is 0. The maximum absolute atomic E-state index is 2.49. The van der Waals surface area contributed by atoms with Crippen LogP contribution >= 0.6 is 0 Å². The molecule has 4 heterocycles. The van der Waals surface area contributed by atoms with E-state index in [1.165, 1.54) is 191 Å². The molecule has 0 spiro atoms. The molecule has 4 nitrogen and oxygen atoms in total. The molecule has 0 aliphatic carbocycles. The summed E-state index contributed by atoms with van der Waals surface area (Å²) in [5.41, 5.74) is 24.1. The van der Waals surface area contributed by atoms with Gasteiger partial charge in [0.15, 0.2) is 0 Å². The smallest absolute Gasteiger partial charge is 0.0547 e. The molecule has 0 aliphatic heterocycles. The lowest BCUT2D eigenvalue weighted by Gasteiger charge is -2.14. The van der Waals surface area contributed by atoms with Gasteiger partial charge in [-0.1, -0.05) is 309 Å². The topological polar surface area (TPSA) is 19.7 Å². The van der Waals surface area contributed by atoms with Gasteiger partial charge in [-0.15, -0.1) is 0 Å². The average Bonchev–Trinajstić information content (AvgIpc) is 1.58. The summed E-state index contributed by atoms with van der Waals surface area (Å²) in [6, 6.07) is 147. The highest BCUT2D eigenvalue weighted by Crippen LogP contribution is 2.48. The third-order valence-electron chi connectivity index (χ3n) is 22.8. The third-order valence-corrected chi connectivity index (χ3v) is 22.8. The van der Waals surface area contributed by atoms with E-state index in [2.05, 4.69) is 419 Å². The molecule has 19 aromatic carbocycles. The second-order valence-electron chi connectivity index (χ2n) is 28.5. The van der Waals surface area contributed by atoms with Crippen LogP contribution in [0, 0.1) is 0 Å². The second-order valence-corrected chi connectivity index (χ2v) is 28.5. The molecule has 0 N–H and O–H groups in total. The Kier molecular flexibility index (Phi) is 14.0. The molecule has 0 radical (unpaired) electrons. The van der Waals surface area contributed by atoms with Crippen LogP contribution in [0.2, 0.25) is 0 Å². The first-order chi connectivity index (χ1) is 53.6. The number of hydrogen-bond acceptors (Lipinski definition) is 0. The van der Waals surface area contributed by atoms with E-state index < -0.39 is 0 Å². The molecule has 0 atom stereocenters. The van der Waals surface area contributed by atoms with E-state index >= 15 is 0 Å². The summed E-state index contributed by atoms with van der Waals surface area (Å²) >= 11 is 0. The van der Waals surface area contributed by atoms with Crippen molar-refractivity contribution in [2.45, 2.75) is 0 Å². The Morgan fingerprint density at radius 1 is 0.139 bits per heavy atom. The van der Waals surface area contributed by atoms with Gasteiger partial charge < -0.3 is 18.3 Å². The van der Waals surface area contributed by atoms with Crippen LogP contribution in [0.5, 0.6) is 0 Å². The number of fused-ring (bicyclic) bond motifs is 21. The summed E-state index contributed by atoms with van der Waals surface area (Å²) in [7, 11) is 0. The summed E-state index contributed by atoms with van der Waals surface area (Å²) in [5, 5.41) is 22.8. The molecular weight excluding hydrogens is 1310 g/mol. The minimum atomic E-state index is 1.15. The van der Waals surface area contributed by atoms with Crippen molar-refractivity contribution in [3.8, 4) is 67.3 Å². The summed E-state index contributed by atoms with van der Waals surface area (Å²) < 4.78 is 9.80. The van der Waals surface area contributed by atoms with Crippen LogP contribution in [0.15, 0.2) is 400 Å². The zero-order chi connectivity index (χ0) is 70.9. The van der Waals surface area contributed by atoms with Gasteiger partial charge in [0.25, 0.3) is 0 Å². The van der Waals surface area contributed by atoms with E-state index in [0.717, 1.165) is 17.1 Å². The number of benzene rings is 19. The van der Waals surface area contributed by atoms with Crippen molar-refractivity contribution in [2.24, 2.45) is 0 Å². The normalized spacial score (nSPS) is 11.9. The second kappa shape index (κ2) is 24.7. The third kappa shape index (κ3) is 9.43. The van der Waals surface area contributed by atoms with Gasteiger partial charge in [-0.3, -0.25) is 0 Å². The molecule has 0 fully saturated rings. The largest absolute Gasteiger partial charge is 0.309 e. The SMILES string of the molecule is c1ccc(-c2ccc(-n3c4ccccc4c4c(-c5cccc6c5c5ccccc5n6-c5cc6ccccc6c6ccccc56)cccc43)cc2)cc1.c1ccc(-c2ccc(-n3c4ccccc4c4c(-c5cccc6c5c5ccccc5n6-c5ccc6c7ccccc7c7ccccc7c6c5)cccc43)cc2)cc1. The van der Waals surface area contributed by atoms with Crippen LogP contribution in [-0.2, 0) is 0 Å². The predicted molar refractivity (Wildman–Crippen MR) is 460 cm³/mol. The van der Waals surface area contributed by atoms with Crippen molar-refractivity contribution in [2.75, 3.05) is 0 Å². The average molecular weight is 1370 g/mol. The molecule has 23 aromatic rings. The van der Waals surface area contributed by atoms with Crippen LogP contribution in [0.4, 0.5) is 0 Å². The van der Waals surface area contributed by atoms with Gasteiger partial charge in [-0.2, -0.15) is 0 Å². The number of para-hydroxylation sites is 4. The first kappa shape index (κ1) is 61.2. The van der Waals surface area contributed by atoms with Crippen molar-refractivity contribution >= 4 is 141 Å². The fraction of sp³-hybridized carbons (Fsp3) is 0. The van der Waals surface area contributed by atoms with Crippen LogP contribution in [-0.4, -0.2) is 18.3 Å². The molecule has 0 unspecified atom stereocenters. The highest BCUT2D eigenvalue weighted by Gasteiger charge is 2.25. The molecule has 23 rings (SSSR count). The Hall–Kier alpha value is -14.3. The van der Waals surface area contributed by atoms with Crippen molar-refractivity contribution in [1.29, 1.82) is 0 Å². The van der Waals surface area contributed by atoms with Crippen molar-refractivity contribution in [1.82, 2.24) is 18.3 Å². The summed E-state index contributed by atoms with van der Waals surface area (Å²) in [6.45, 7) is 0. The van der Waals surface area contributed by atoms with Gasteiger partial charge in [0.2, 0.25) is 0 Å². The molecule has 4 aromatic heterocycles. The van der Waals surface area contributed by atoms with E-state index in [1.807, 2.05) is 0 Å². The van der Waals surface area contributed by atoms with Gasteiger partial charge >= 0.3 is 0 Å². The van der Waals surface area contributed by atoms with Crippen molar-refractivity contribution in [3.05, 3.63) is 400 Å². The van der Waals surface area contributed by atoms with E-state index in [-0.39, 0.29) is 0 Å². The lowest BCUT2D eigenvalue weighted by molar-refractivity contribution is 1.18. The molecule has 502 valence electrons. The van der Waals surface area contributed by atoms with Crippen LogP contribution in [0.3, 0.4) is 0 Å². The zero-order valence-corrected chi connectivity index (χ0v) is 58.9. The molecule has 0 saturated heterocycles. The standard InChI is InChI=1S/C54H34N2.C50H32N2/c1-2-14-35(15-3-1)36-28-30-37(31-29-36)55-49-24-10-8-20-46(49)53-44(22-12-26-51(53)55)45-23-13-27-52-54(45)47-21-9-11-25-50(47)56(52)38-32-33-43-41-18-5-4-16-39(41)40-17-6-7-19-42(40)48(43)34-38;1-2-14-33(15-3-1)34-28-30-36(31-29-34)51-44-24-10-8-20-42(44)49-40(22-12-26-46(49)51)41-23-13-27-47-50(41)43-21-9-11-25-45(43)52(47)48-32-35-16-4-5-17-37(35)38-18-6-7-19-39(38)48/h1-34H;1-32H. The monoisotopic (exact) mass is 1370 g/mol. The maximum atomic E-state index is 2.49. The Morgan fingerprint density at radius 3 is 0.815 bits per heavy atom. The fourth-order valence-electron chi connectivity index (χ4n) is 18.2. The van der Waals surface area contributed by atoms with Gasteiger partial charge in [0, 0.05) is 65.5 Å². The first-order valence-electron chi connectivity index (χ1n) is 37.3. The number of aromatic nitrogens is 4. The highest BCUT2D eigenvalue weighted by molar-refractivity contribution is 6.28. The lowest BCUT2D eigenvalue weighted by Crippen LogP contribution is -1.96. The molecule has 0 bridgehead atoms.